The molecule has 124 valence electrons. The quantitative estimate of drug-likeness (QED) is 0.375. The van der Waals surface area contributed by atoms with Crippen molar-refractivity contribution in [3.8, 4) is 5.69 Å². The van der Waals surface area contributed by atoms with E-state index >= 15 is 0 Å². The molecule has 3 rings (SSSR count). The number of nitrogens with one attached hydrogen (secondary N) is 1. The molecule has 1 heterocycles. The van der Waals surface area contributed by atoms with E-state index in [1.807, 2.05) is 72.4 Å². The maximum Gasteiger partial charge on any atom is 0.193 e. The SMILES string of the molecule is Cc1ccc(NC(N)=NCc2cnn(-c3ccccc3)c2)cc1.I. The number of anilines is 1. The van der Waals surface area contributed by atoms with Crippen LogP contribution in [-0.4, -0.2) is 15.7 Å². The van der Waals surface area contributed by atoms with E-state index < -0.39 is 0 Å². The third-order valence-electron chi connectivity index (χ3n) is 3.41. The number of benzene rings is 2. The fourth-order valence-corrected chi connectivity index (χ4v) is 2.16. The third kappa shape index (κ3) is 4.82. The highest BCUT2D eigenvalue weighted by atomic mass is 127. The van der Waals surface area contributed by atoms with E-state index in [0.717, 1.165) is 16.9 Å². The number of rotatable bonds is 4. The molecule has 0 aliphatic heterocycles. The molecular weight excluding hydrogens is 413 g/mol. The van der Waals surface area contributed by atoms with Crippen molar-refractivity contribution < 1.29 is 0 Å². The van der Waals surface area contributed by atoms with E-state index in [9.17, 15) is 0 Å². The van der Waals surface area contributed by atoms with E-state index in [1.54, 1.807) is 6.20 Å². The van der Waals surface area contributed by atoms with Gasteiger partial charge >= 0.3 is 0 Å². The standard InChI is InChI=1S/C18H19N5.HI/c1-14-7-9-16(10-8-14)22-18(19)20-11-15-12-21-23(13-15)17-5-3-2-4-6-17;/h2-10,12-13H,11H2,1H3,(H3,19,20,22);1H. The normalized spacial score (nSPS) is 11.0. The van der Waals surface area contributed by atoms with Crippen molar-refractivity contribution in [1.29, 1.82) is 0 Å². The summed E-state index contributed by atoms with van der Waals surface area (Å²) in [6.07, 6.45) is 3.76. The Kier molecular flexibility index (Phi) is 6.36. The Balaban J connectivity index is 0.00000208. The van der Waals surface area contributed by atoms with Crippen LogP contribution in [0.4, 0.5) is 5.69 Å². The van der Waals surface area contributed by atoms with E-state index in [1.165, 1.54) is 5.56 Å². The molecule has 0 saturated heterocycles. The van der Waals surface area contributed by atoms with Gasteiger partial charge in [0.2, 0.25) is 0 Å². The number of halogens is 1. The van der Waals surface area contributed by atoms with Crippen molar-refractivity contribution in [1.82, 2.24) is 9.78 Å². The maximum absolute atomic E-state index is 5.92. The monoisotopic (exact) mass is 433 g/mol. The van der Waals surface area contributed by atoms with Crippen LogP contribution in [0.25, 0.3) is 5.69 Å². The van der Waals surface area contributed by atoms with Gasteiger partial charge in [-0.1, -0.05) is 35.9 Å². The lowest BCUT2D eigenvalue weighted by molar-refractivity contribution is 0.879. The summed E-state index contributed by atoms with van der Waals surface area (Å²) in [7, 11) is 0. The molecule has 0 spiro atoms. The van der Waals surface area contributed by atoms with Gasteiger partial charge in [-0.2, -0.15) is 5.10 Å². The summed E-state index contributed by atoms with van der Waals surface area (Å²) in [5.41, 5.74) is 10.1. The zero-order valence-electron chi connectivity index (χ0n) is 13.4. The van der Waals surface area contributed by atoms with Gasteiger partial charge < -0.3 is 11.1 Å². The highest BCUT2D eigenvalue weighted by molar-refractivity contribution is 14.0. The molecule has 0 atom stereocenters. The van der Waals surface area contributed by atoms with Gasteiger partial charge in [-0.05, 0) is 31.2 Å². The lowest BCUT2D eigenvalue weighted by Crippen LogP contribution is -2.22. The number of aromatic nitrogens is 2. The van der Waals surface area contributed by atoms with Gasteiger partial charge in [-0.15, -0.1) is 24.0 Å². The molecule has 0 bridgehead atoms. The van der Waals surface area contributed by atoms with Crippen molar-refractivity contribution in [2.24, 2.45) is 10.7 Å². The Morgan fingerprint density at radius 1 is 1.12 bits per heavy atom. The summed E-state index contributed by atoms with van der Waals surface area (Å²) in [5, 5.41) is 7.42. The summed E-state index contributed by atoms with van der Waals surface area (Å²) in [4.78, 5) is 4.35. The van der Waals surface area contributed by atoms with Crippen LogP contribution in [0, 0.1) is 6.92 Å². The van der Waals surface area contributed by atoms with Crippen molar-refractivity contribution in [3.05, 3.63) is 78.1 Å². The van der Waals surface area contributed by atoms with Crippen LogP contribution in [0.3, 0.4) is 0 Å². The van der Waals surface area contributed by atoms with Gasteiger partial charge in [0.25, 0.3) is 0 Å². The lowest BCUT2D eigenvalue weighted by Gasteiger charge is -2.05. The van der Waals surface area contributed by atoms with E-state index in [2.05, 4.69) is 15.4 Å². The number of aliphatic imine (C=N–C) groups is 1. The molecule has 0 aliphatic rings. The Labute approximate surface area is 158 Å². The molecule has 0 saturated carbocycles. The largest absolute Gasteiger partial charge is 0.370 e. The summed E-state index contributed by atoms with van der Waals surface area (Å²) in [6, 6.07) is 18.0. The fraction of sp³-hybridized carbons (Fsp3) is 0.111. The van der Waals surface area contributed by atoms with Crippen LogP contribution in [-0.2, 0) is 6.54 Å². The number of para-hydroxylation sites is 1. The zero-order chi connectivity index (χ0) is 16.1. The van der Waals surface area contributed by atoms with Crippen LogP contribution in [0.1, 0.15) is 11.1 Å². The molecule has 1 aromatic heterocycles. The van der Waals surface area contributed by atoms with Gasteiger partial charge in [-0.25, -0.2) is 9.67 Å². The second kappa shape index (κ2) is 8.49. The molecule has 0 unspecified atom stereocenters. The first kappa shape index (κ1) is 18.0. The van der Waals surface area contributed by atoms with Gasteiger partial charge in [0.1, 0.15) is 0 Å². The van der Waals surface area contributed by atoms with Crippen molar-refractivity contribution in [2.45, 2.75) is 13.5 Å². The Hall–Kier alpha value is -2.35. The van der Waals surface area contributed by atoms with E-state index in [4.69, 9.17) is 5.73 Å². The Morgan fingerprint density at radius 2 is 1.83 bits per heavy atom. The van der Waals surface area contributed by atoms with Crippen molar-refractivity contribution in [3.63, 3.8) is 0 Å². The Morgan fingerprint density at radius 3 is 2.54 bits per heavy atom. The number of hydrogen-bond donors (Lipinski definition) is 2. The third-order valence-corrected chi connectivity index (χ3v) is 3.41. The van der Waals surface area contributed by atoms with Crippen LogP contribution in [0.15, 0.2) is 72.0 Å². The first-order valence-electron chi connectivity index (χ1n) is 7.43. The molecular formula is C18H20IN5. The van der Waals surface area contributed by atoms with Crippen molar-refractivity contribution in [2.75, 3.05) is 5.32 Å². The average molecular weight is 433 g/mol. The minimum absolute atomic E-state index is 0. The van der Waals surface area contributed by atoms with Crippen molar-refractivity contribution >= 4 is 35.6 Å². The molecule has 2 aromatic carbocycles. The first-order chi connectivity index (χ1) is 11.2. The van der Waals surface area contributed by atoms with Crippen LogP contribution in [0.5, 0.6) is 0 Å². The summed E-state index contributed by atoms with van der Waals surface area (Å²) in [6.45, 7) is 2.53. The number of nitrogens with two attached hydrogens (primary N) is 1. The van der Waals surface area contributed by atoms with E-state index in [0.29, 0.717) is 12.5 Å². The zero-order valence-corrected chi connectivity index (χ0v) is 15.7. The number of guanidine groups is 1. The molecule has 6 heteroatoms. The highest BCUT2D eigenvalue weighted by Crippen LogP contribution is 2.10. The van der Waals surface area contributed by atoms with E-state index in [-0.39, 0.29) is 24.0 Å². The van der Waals surface area contributed by atoms with Gasteiger partial charge in [0.05, 0.1) is 18.4 Å². The molecule has 3 aromatic rings. The van der Waals surface area contributed by atoms with Gasteiger partial charge in [0.15, 0.2) is 5.96 Å². The minimum Gasteiger partial charge on any atom is -0.370 e. The minimum atomic E-state index is 0. The van der Waals surface area contributed by atoms with Gasteiger partial charge in [-0.3, -0.25) is 0 Å². The molecule has 0 radical (unpaired) electrons. The van der Waals surface area contributed by atoms with Gasteiger partial charge in [0, 0.05) is 17.4 Å². The molecule has 5 nitrogen and oxygen atoms in total. The molecule has 3 N–H and O–H groups in total. The summed E-state index contributed by atoms with van der Waals surface area (Å²) < 4.78 is 1.83. The topological polar surface area (TPSA) is 68.2 Å². The van der Waals surface area contributed by atoms with Crippen LogP contribution < -0.4 is 11.1 Å². The lowest BCUT2D eigenvalue weighted by atomic mass is 10.2. The second-order valence-corrected chi connectivity index (χ2v) is 5.32. The fourth-order valence-electron chi connectivity index (χ4n) is 2.16. The summed E-state index contributed by atoms with van der Waals surface area (Å²) >= 11 is 0. The molecule has 0 amide bonds. The summed E-state index contributed by atoms with van der Waals surface area (Å²) in [5.74, 6) is 0.390. The second-order valence-electron chi connectivity index (χ2n) is 5.32. The number of aryl methyl sites for hydroxylation is 1. The molecule has 0 fully saturated rings. The smallest absolute Gasteiger partial charge is 0.193 e. The number of hydrogen-bond acceptors (Lipinski definition) is 2. The molecule has 24 heavy (non-hydrogen) atoms. The average Bonchev–Trinajstić information content (AvgIpc) is 3.05. The highest BCUT2D eigenvalue weighted by Gasteiger charge is 2.01. The number of nitrogens with zero attached hydrogens (tertiary/aromatic N) is 3. The molecule has 0 aliphatic carbocycles. The Bertz CT molecular complexity index is 794. The van der Waals surface area contributed by atoms with Crippen LogP contribution >= 0.6 is 24.0 Å². The predicted molar refractivity (Wildman–Crippen MR) is 109 cm³/mol. The first-order valence-corrected chi connectivity index (χ1v) is 7.43. The predicted octanol–water partition coefficient (Wildman–Crippen LogP) is 3.73. The maximum atomic E-state index is 5.92. The van der Waals surface area contributed by atoms with Crippen LogP contribution in [0.2, 0.25) is 0 Å².